The zero-order chi connectivity index (χ0) is 17.9. The molecule has 25 heavy (non-hydrogen) atoms. The third-order valence-electron chi connectivity index (χ3n) is 6.16. The molecule has 1 atom stereocenters. The van der Waals surface area contributed by atoms with Crippen molar-refractivity contribution in [2.75, 3.05) is 5.43 Å². The Labute approximate surface area is 147 Å². The van der Waals surface area contributed by atoms with Gasteiger partial charge in [-0.2, -0.15) is 0 Å². The summed E-state index contributed by atoms with van der Waals surface area (Å²) in [6.45, 7) is 7.85. The lowest BCUT2D eigenvalue weighted by atomic mass is 9.68. The fourth-order valence-electron chi connectivity index (χ4n) is 4.97. The van der Waals surface area contributed by atoms with Gasteiger partial charge < -0.3 is 0 Å². The molecule has 1 aromatic carbocycles. The molecule has 1 amide bonds. The first kappa shape index (κ1) is 16.1. The number of aromatic nitrogens is 1. The highest BCUT2D eigenvalue weighted by Gasteiger charge is 2.45. The number of carbonyl (C=O) groups is 2. The summed E-state index contributed by atoms with van der Waals surface area (Å²) in [7, 11) is 0. The van der Waals surface area contributed by atoms with Gasteiger partial charge in [0.05, 0.1) is 5.52 Å². The molecule has 0 saturated heterocycles. The standard InChI is InChI=1S/C21H24N2O2/c1-5-21-9-8-18(25)13(3)20(21)15-6-7-17-19(16(15)10-21)12(2)11-23(17)22-14(4)24/h6-7,11H,5,8-10H2,1-4H3,(H,22,24). The Hall–Kier alpha value is -2.36. The second-order valence-electron chi connectivity index (χ2n) is 7.57. The van der Waals surface area contributed by atoms with Crippen molar-refractivity contribution in [3.63, 3.8) is 0 Å². The molecule has 1 unspecified atom stereocenters. The fraction of sp³-hybridized carbons (Fsp3) is 0.429. The predicted molar refractivity (Wildman–Crippen MR) is 100.0 cm³/mol. The molecule has 1 heterocycles. The van der Waals surface area contributed by atoms with Crippen LogP contribution in [0.3, 0.4) is 0 Å². The lowest BCUT2D eigenvalue weighted by molar-refractivity contribution is -0.116. The first-order chi connectivity index (χ1) is 11.9. The lowest BCUT2D eigenvalue weighted by Gasteiger charge is -2.34. The van der Waals surface area contributed by atoms with Crippen molar-refractivity contribution >= 4 is 28.2 Å². The number of nitrogens with one attached hydrogen (secondary N) is 1. The van der Waals surface area contributed by atoms with Crippen LogP contribution in [0.15, 0.2) is 23.9 Å². The maximum Gasteiger partial charge on any atom is 0.235 e. The number of amides is 1. The average Bonchev–Trinajstić information content (AvgIpc) is 3.06. The van der Waals surface area contributed by atoms with Crippen LogP contribution in [0, 0.1) is 12.3 Å². The van der Waals surface area contributed by atoms with E-state index in [1.54, 1.807) is 0 Å². The van der Waals surface area contributed by atoms with Crippen LogP contribution in [0.1, 0.15) is 56.7 Å². The van der Waals surface area contributed by atoms with Crippen LogP contribution in [0.5, 0.6) is 0 Å². The smallest absolute Gasteiger partial charge is 0.235 e. The van der Waals surface area contributed by atoms with Crippen LogP contribution in [0.4, 0.5) is 0 Å². The Morgan fingerprint density at radius 3 is 2.76 bits per heavy atom. The average molecular weight is 336 g/mol. The normalized spacial score (nSPS) is 22.3. The molecule has 0 aliphatic heterocycles. The second-order valence-corrected chi connectivity index (χ2v) is 7.57. The molecule has 4 heteroatoms. The number of hydrogen-bond acceptors (Lipinski definition) is 2. The van der Waals surface area contributed by atoms with E-state index in [2.05, 4.69) is 31.4 Å². The predicted octanol–water partition coefficient (Wildman–Crippen LogP) is 4.13. The molecule has 130 valence electrons. The van der Waals surface area contributed by atoms with Crippen molar-refractivity contribution in [3.8, 4) is 0 Å². The SMILES string of the molecule is CCC12CCC(=O)C(C)=C1c1ccc3c(c(C)cn3NC(C)=O)c1C2. The molecule has 1 aromatic heterocycles. The number of ketones is 1. The minimum Gasteiger partial charge on any atom is -0.295 e. The zero-order valence-corrected chi connectivity index (χ0v) is 15.3. The molecule has 4 nitrogen and oxygen atoms in total. The Bertz CT molecular complexity index is 964. The van der Waals surface area contributed by atoms with Gasteiger partial charge in [0.1, 0.15) is 0 Å². The van der Waals surface area contributed by atoms with Gasteiger partial charge >= 0.3 is 0 Å². The monoisotopic (exact) mass is 336 g/mol. The largest absolute Gasteiger partial charge is 0.295 e. The molecule has 2 aliphatic rings. The highest BCUT2D eigenvalue weighted by atomic mass is 16.2. The Morgan fingerprint density at radius 2 is 2.08 bits per heavy atom. The number of fused-ring (bicyclic) bond motifs is 5. The van der Waals surface area contributed by atoms with Crippen LogP contribution in [0.2, 0.25) is 0 Å². The third-order valence-corrected chi connectivity index (χ3v) is 6.16. The van der Waals surface area contributed by atoms with E-state index in [4.69, 9.17) is 0 Å². The van der Waals surface area contributed by atoms with Crippen LogP contribution < -0.4 is 5.43 Å². The topological polar surface area (TPSA) is 51.1 Å². The van der Waals surface area contributed by atoms with Gasteiger partial charge in [-0.1, -0.05) is 13.0 Å². The van der Waals surface area contributed by atoms with Crippen molar-refractivity contribution in [2.24, 2.45) is 5.41 Å². The molecular weight excluding hydrogens is 312 g/mol. The van der Waals surface area contributed by atoms with E-state index in [0.29, 0.717) is 12.2 Å². The maximum absolute atomic E-state index is 12.4. The van der Waals surface area contributed by atoms with Gasteiger partial charge in [-0.05, 0) is 67.0 Å². The molecular formula is C21H24N2O2. The van der Waals surface area contributed by atoms with E-state index in [1.165, 1.54) is 29.0 Å². The van der Waals surface area contributed by atoms with Gasteiger partial charge in [-0.15, -0.1) is 0 Å². The van der Waals surface area contributed by atoms with Crippen molar-refractivity contribution in [1.29, 1.82) is 0 Å². The summed E-state index contributed by atoms with van der Waals surface area (Å²) < 4.78 is 1.82. The first-order valence-electron chi connectivity index (χ1n) is 9.04. The number of rotatable bonds is 2. The second kappa shape index (κ2) is 5.32. The van der Waals surface area contributed by atoms with Crippen molar-refractivity contribution < 1.29 is 9.59 Å². The highest BCUT2D eigenvalue weighted by molar-refractivity contribution is 6.08. The summed E-state index contributed by atoms with van der Waals surface area (Å²) in [6.07, 6.45) is 5.62. The van der Waals surface area contributed by atoms with E-state index in [0.717, 1.165) is 35.9 Å². The summed E-state index contributed by atoms with van der Waals surface area (Å²) >= 11 is 0. The molecule has 0 saturated carbocycles. The molecule has 4 rings (SSSR count). The van der Waals surface area contributed by atoms with Crippen LogP contribution in [-0.2, 0) is 16.0 Å². The number of carbonyl (C=O) groups excluding carboxylic acids is 2. The summed E-state index contributed by atoms with van der Waals surface area (Å²) in [5.41, 5.74) is 9.96. The van der Waals surface area contributed by atoms with Gasteiger partial charge in [-0.25, -0.2) is 0 Å². The third kappa shape index (κ3) is 2.13. The summed E-state index contributed by atoms with van der Waals surface area (Å²) in [5.74, 6) is 0.208. The van der Waals surface area contributed by atoms with Crippen LogP contribution >= 0.6 is 0 Å². The van der Waals surface area contributed by atoms with Gasteiger partial charge in [0.15, 0.2) is 5.78 Å². The maximum atomic E-state index is 12.4. The molecule has 0 bridgehead atoms. The van der Waals surface area contributed by atoms with Crippen molar-refractivity contribution in [2.45, 2.75) is 53.4 Å². The minimum atomic E-state index is -0.0831. The van der Waals surface area contributed by atoms with E-state index in [1.807, 2.05) is 17.8 Å². The van der Waals surface area contributed by atoms with Crippen LogP contribution in [-0.4, -0.2) is 16.4 Å². The van der Waals surface area contributed by atoms with E-state index >= 15 is 0 Å². The lowest BCUT2D eigenvalue weighted by Crippen LogP contribution is -2.27. The zero-order valence-electron chi connectivity index (χ0n) is 15.3. The van der Waals surface area contributed by atoms with E-state index in [-0.39, 0.29) is 11.3 Å². The number of benzene rings is 1. The van der Waals surface area contributed by atoms with E-state index < -0.39 is 0 Å². The minimum absolute atomic E-state index is 0.0831. The molecule has 2 aromatic rings. The quantitative estimate of drug-likeness (QED) is 0.896. The molecule has 1 N–H and O–H groups in total. The number of Topliss-reactive ketones (excluding diaryl/α,β-unsaturated/α-hetero) is 1. The van der Waals surface area contributed by atoms with Crippen molar-refractivity contribution in [1.82, 2.24) is 4.68 Å². The number of aryl methyl sites for hydroxylation is 1. The molecule has 0 radical (unpaired) electrons. The molecule has 0 fully saturated rings. The Balaban J connectivity index is 2.00. The van der Waals surface area contributed by atoms with Gasteiger partial charge in [0.25, 0.3) is 0 Å². The fourth-order valence-corrected chi connectivity index (χ4v) is 4.97. The summed E-state index contributed by atoms with van der Waals surface area (Å²) in [5, 5.41) is 1.22. The number of nitrogens with zero attached hydrogens (tertiary/aromatic N) is 1. The number of allylic oxidation sites excluding steroid dienone is 2. The summed E-state index contributed by atoms with van der Waals surface area (Å²) in [6, 6.07) is 4.21. The van der Waals surface area contributed by atoms with Gasteiger partial charge in [0.2, 0.25) is 5.91 Å². The number of hydrogen-bond donors (Lipinski definition) is 1. The first-order valence-corrected chi connectivity index (χ1v) is 9.04. The Morgan fingerprint density at radius 1 is 1.32 bits per heavy atom. The molecule has 0 spiro atoms. The van der Waals surface area contributed by atoms with Crippen LogP contribution in [0.25, 0.3) is 16.5 Å². The highest BCUT2D eigenvalue weighted by Crippen LogP contribution is 2.57. The Kier molecular flexibility index (Phi) is 3.43. The summed E-state index contributed by atoms with van der Waals surface area (Å²) in [4.78, 5) is 23.9. The van der Waals surface area contributed by atoms with E-state index in [9.17, 15) is 9.59 Å². The van der Waals surface area contributed by atoms with Gasteiger partial charge in [0, 0.05) is 30.3 Å². The van der Waals surface area contributed by atoms with Gasteiger partial charge in [-0.3, -0.25) is 19.7 Å². The molecule has 2 aliphatic carbocycles. The van der Waals surface area contributed by atoms with Crippen molar-refractivity contribution in [3.05, 3.63) is 40.6 Å².